The molecular formula is C17H12N4O3S3. The molecule has 0 aliphatic rings. The zero-order valence-corrected chi connectivity index (χ0v) is 16.6. The van der Waals surface area contributed by atoms with Crippen molar-refractivity contribution >= 4 is 71.6 Å². The summed E-state index contributed by atoms with van der Waals surface area (Å²) in [5.74, 6) is -0.416. The maximum atomic E-state index is 12.6. The minimum Gasteiger partial charge on any atom is -0.298 e. The highest BCUT2D eigenvalue weighted by molar-refractivity contribution is 8.00. The fourth-order valence-electron chi connectivity index (χ4n) is 2.73. The molecule has 0 unspecified atom stereocenters. The van der Waals surface area contributed by atoms with Crippen LogP contribution in [-0.2, 0) is 0 Å². The summed E-state index contributed by atoms with van der Waals surface area (Å²) in [7, 11) is 0. The number of carbonyl (C=O) groups is 1. The summed E-state index contributed by atoms with van der Waals surface area (Å²) in [5, 5.41) is 14.3. The first-order valence-corrected chi connectivity index (χ1v) is 10.6. The molecule has 0 spiro atoms. The molecular weight excluding hydrogens is 404 g/mol. The number of thioether (sulfide) groups is 1. The van der Waals surface area contributed by atoms with Crippen molar-refractivity contribution in [1.82, 2.24) is 9.97 Å². The molecule has 1 N–H and O–H groups in total. The number of hydrogen-bond donors (Lipinski definition) is 1. The van der Waals surface area contributed by atoms with Crippen molar-refractivity contribution in [2.75, 3.05) is 11.6 Å². The summed E-state index contributed by atoms with van der Waals surface area (Å²) < 4.78 is 2.99. The van der Waals surface area contributed by atoms with Crippen LogP contribution in [0.3, 0.4) is 0 Å². The highest BCUT2D eigenvalue weighted by atomic mass is 32.2. The van der Waals surface area contributed by atoms with Gasteiger partial charge in [-0.15, -0.1) is 11.3 Å². The van der Waals surface area contributed by atoms with Gasteiger partial charge in [0.1, 0.15) is 0 Å². The zero-order valence-electron chi connectivity index (χ0n) is 14.2. The van der Waals surface area contributed by atoms with E-state index in [2.05, 4.69) is 15.3 Å². The van der Waals surface area contributed by atoms with Crippen molar-refractivity contribution in [1.29, 1.82) is 0 Å². The normalized spacial score (nSPS) is 11.2. The van der Waals surface area contributed by atoms with Gasteiger partial charge in [0.25, 0.3) is 11.6 Å². The smallest absolute Gasteiger partial charge is 0.273 e. The molecule has 0 radical (unpaired) electrons. The number of nitro benzene ring substituents is 1. The van der Waals surface area contributed by atoms with E-state index in [9.17, 15) is 14.9 Å². The lowest BCUT2D eigenvalue weighted by Gasteiger charge is -2.05. The van der Waals surface area contributed by atoms with Gasteiger partial charge < -0.3 is 0 Å². The SMILES string of the molecule is CSc1nc2ccc3nc(NC(=O)c4cccc([N+](=O)[O-])c4C)sc3c2s1. The fourth-order valence-corrected chi connectivity index (χ4v) is 5.38. The van der Waals surface area contributed by atoms with E-state index in [-0.39, 0.29) is 11.3 Å². The number of amides is 1. The number of hydrogen-bond acceptors (Lipinski definition) is 8. The molecule has 0 aliphatic carbocycles. The minimum absolute atomic E-state index is 0.0806. The van der Waals surface area contributed by atoms with E-state index in [1.54, 1.807) is 36.1 Å². The summed E-state index contributed by atoms with van der Waals surface area (Å²) in [5.41, 5.74) is 2.21. The predicted octanol–water partition coefficient (Wildman–Crippen LogP) is 5.10. The lowest BCUT2D eigenvalue weighted by Crippen LogP contribution is -2.13. The topological polar surface area (TPSA) is 98.0 Å². The number of carbonyl (C=O) groups excluding carboxylic acids is 1. The maximum absolute atomic E-state index is 12.6. The number of anilines is 1. The number of fused-ring (bicyclic) bond motifs is 3. The number of benzene rings is 2. The minimum atomic E-state index is -0.492. The van der Waals surface area contributed by atoms with Gasteiger partial charge in [-0.2, -0.15) is 0 Å². The second kappa shape index (κ2) is 6.87. The molecule has 27 heavy (non-hydrogen) atoms. The van der Waals surface area contributed by atoms with Crippen LogP contribution in [0.5, 0.6) is 0 Å². The van der Waals surface area contributed by atoms with Gasteiger partial charge in [-0.3, -0.25) is 20.2 Å². The lowest BCUT2D eigenvalue weighted by molar-refractivity contribution is -0.385. The van der Waals surface area contributed by atoms with Crippen molar-refractivity contribution in [3.8, 4) is 0 Å². The monoisotopic (exact) mass is 416 g/mol. The van der Waals surface area contributed by atoms with E-state index in [4.69, 9.17) is 0 Å². The molecule has 0 saturated heterocycles. The Kier molecular flexibility index (Phi) is 4.54. The highest BCUT2D eigenvalue weighted by Crippen LogP contribution is 2.38. The Bertz CT molecular complexity index is 1220. The second-order valence-corrected chi connectivity index (χ2v) is 8.68. The van der Waals surface area contributed by atoms with E-state index in [1.165, 1.54) is 23.5 Å². The van der Waals surface area contributed by atoms with E-state index >= 15 is 0 Å². The van der Waals surface area contributed by atoms with Gasteiger partial charge in [0.15, 0.2) is 9.47 Å². The Morgan fingerprint density at radius 1 is 1.15 bits per heavy atom. The summed E-state index contributed by atoms with van der Waals surface area (Å²) in [6.07, 6.45) is 1.98. The van der Waals surface area contributed by atoms with Crippen LogP contribution >= 0.6 is 34.4 Å². The molecule has 0 fully saturated rings. The average molecular weight is 417 g/mol. The van der Waals surface area contributed by atoms with Crippen LogP contribution in [0.4, 0.5) is 10.8 Å². The molecule has 10 heteroatoms. The molecule has 4 rings (SSSR count). The van der Waals surface area contributed by atoms with Crippen LogP contribution in [0.25, 0.3) is 20.4 Å². The van der Waals surface area contributed by atoms with Crippen molar-refractivity contribution < 1.29 is 9.72 Å². The van der Waals surface area contributed by atoms with Crippen molar-refractivity contribution in [2.24, 2.45) is 0 Å². The van der Waals surface area contributed by atoms with Crippen LogP contribution < -0.4 is 5.32 Å². The maximum Gasteiger partial charge on any atom is 0.273 e. The van der Waals surface area contributed by atoms with Gasteiger partial charge in [-0.25, -0.2) is 9.97 Å². The van der Waals surface area contributed by atoms with E-state index < -0.39 is 10.8 Å². The zero-order chi connectivity index (χ0) is 19.1. The number of nitrogens with one attached hydrogen (secondary N) is 1. The number of aromatic nitrogens is 2. The fraction of sp³-hybridized carbons (Fsp3) is 0.118. The van der Waals surface area contributed by atoms with Crippen molar-refractivity contribution in [3.63, 3.8) is 0 Å². The first kappa shape index (κ1) is 17.8. The van der Waals surface area contributed by atoms with E-state index in [0.29, 0.717) is 10.7 Å². The van der Waals surface area contributed by atoms with Crippen LogP contribution in [0, 0.1) is 17.0 Å². The number of rotatable bonds is 4. The van der Waals surface area contributed by atoms with Crippen molar-refractivity contribution in [3.05, 3.63) is 51.6 Å². The van der Waals surface area contributed by atoms with E-state index in [0.717, 1.165) is 24.8 Å². The molecule has 2 aromatic carbocycles. The quantitative estimate of drug-likeness (QED) is 0.282. The summed E-state index contributed by atoms with van der Waals surface area (Å²) in [6.45, 7) is 1.57. The van der Waals surface area contributed by atoms with Gasteiger partial charge in [0.05, 0.1) is 25.4 Å². The largest absolute Gasteiger partial charge is 0.298 e. The van der Waals surface area contributed by atoms with Crippen LogP contribution in [0.15, 0.2) is 34.7 Å². The van der Waals surface area contributed by atoms with Gasteiger partial charge in [-0.05, 0) is 31.4 Å². The first-order valence-electron chi connectivity index (χ1n) is 7.77. The molecule has 2 heterocycles. The summed E-state index contributed by atoms with van der Waals surface area (Å²) in [4.78, 5) is 32.2. The molecule has 0 bridgehead atoms. The Morgan fingerprint density at radius 2 is 1.85 bits per heavy atom. The van der Waals surface area contributed by atoms with Gasteiger partial charge in [0.2, 0.25) is 0 Å². The summed E-state index contributed by atoms with van der Waals surface area (Å²) >= 11 is 4.56. The number of thiazole rings is 2. The molecule has 136 valence electrons. The van der Waals surface area contributed by atoms with Crippen LogP contribution in [-0.4, -0.2) is 27.1 Å². The Morgan fingerprint density at radius 3 is 2.56 bits per heavy atom. The molecule has 4 aromatic rings. The molecule has 7 nitrogen and oxygen atoms in total. The standard InChI is InChI=1S/C17H12N4O3S3/c1-8-9(4-3-5-12(8)21(23)24)15(22)20-16-18-10-6-7-11-14(13(10)26-16)27-17(19-11)25-2/h3-7H,1-2H3,(H,18,20,22). The summed E-state index contributed by atoms with van der Waals surface area (Å²) in [6, 6.07) is 8.25. The third kappa shape index (κ3) is 3.15. The molecule has 1 amide bonds. The number of nitro groups is 1. The third-order valence-corrected chi connectivity index (χ3v) is 7.24. The Balaban J connectivity index is 1.70. The molecule has 0 aliphatic heterocycles. The molecule has 2 aromatic heterocycles. The Hall–Kier alpha value is -2.56. The van der Waals surface area contributed by atoms with Crippen LogP contribution in [0.1, 0.15) is 15.9 Å². The first-order chi connectivity index (χ1) is 13.0. The average Bonchev–Trinajstić information content (AvgIpc) is 3.24. The highest BCUT2D eigenvalue weighted by Gasteiger charge is 2.19. The van der Waals surface area contributed by atoms with E-state index in [1.807, 2.05) is 18.4 Å². The van der Waals surface area contributed by atoms with Gasteiger partial charge in [0, 0.05) is 17.2 Å². The van der Waals surface area contributed by atoms with Crippen LogP contribution in [0.2, 0.25) is 0 Å². The second-order valence-electron chi connectivity index (χ2n) is 5.63. The Labute approximate surface area is 165 Å². The lowest BCUT2D eigenvalue weighted by atomic mass is 10.1. The van der Waals surface area contributed by atoms with Crippen molar-refractivity contribution in [2.45, 2.75) is 11.3 Å². The van der Waals surface area contributed by atoms with Gasteiger partial charge in [-0.1, -0.05) is 29.2 Å². The van der Waals surface area contributed by atoms with Gasteiger partial charge >= 0.3 is 0 Å². The predicted molar refractivity (Wildman–Crippen MR) is 110 cm³/mol. The molecule has 0 atom stereocenters. The third-order valence-electron chi connectivity index (χ3n) is 4.03. The number of nitrogens with zero attached hydrogens (tertiary/aromatic N) is 3. The molecule has 0 saturated carbocycles.